The lowest BCUT2D eigenvalue weighted by Crippen LogP contribution is -2.44. The third-order valence-corrected chi connectivity index (χ3v) is 7.29. The largest absolute Gasteiger partial charge is 0.369 e. The Kier molecular flexibility index (Phi) is 6.24. The van der Waals surface area contributed by atoms with Crippen molar-refractivity contribution in [2.75, 3.05) is 43.4 Å². The molecular weight excluding hydrogens is 507 g/mol. The molecule has 0 atom stereocenters. The Morgan fingerprint density at radius 1 is 0.865 bits per heavy atom. The van der Waals surface area contributed by atoms with Gasteiger partial charge in [-0.25, -0.2) is 15.0 Å². The predicted octanol–water partition coefficient (Wildman–Crippen LogP) is 5.75. The van der Waals surface area contributed by atoms with Gasteiger partial charge in [0, 0.05) is 78.7 Å². The van der Waals surface area contributed by atoms with E-state index >= 15 is 0 Å². The molecule has 1 aliphatic rings. The fraction of sp³-hybridized carbons (Fsp3) is 0.222. The molecule has 1 fully saturated rings. The summed E-state index contributed by atoms with van der Waals surface area (Å²) < 4.78 is 0. The number of hydrogen-bond donors (Lipinski definition) is 1. The van der Waals surface area contributed by atoms with Crippen LogP contribution in [0.3, 0.4) is 0 Å². The van der Waals surface area contributed by atoms with Crippen molar-refractivity contribution in [3.8, 4) is 11.3 Å². The van der Waals surface area contributed by atoms with E-state index in [2.05, 4.69) is 62.2 Å². The molecule has 10 heteroatoms. The van der Waals surface area contributed by atoms with Gasteiger partial charge in [0.15, 0.2) is 0 Å². The second kappa shape index (κ2) is 9.70. The molecule has 1 aromatic carbocycles. The highest BCUT2D eigenvalue weighted by Crippen LogP contribution is 2.38. The maximum atomic E-state index is 6.46. The van der Waals surface area contributed by atoms with Crippen molar-refractivity contribution in [2.24, 2.45) is 0 Å². The molecule has 37 heavy (non-hydrogen) atoms. The van der Waals surface area contributed by atoms with Crippen LogP contribution in [0.15, 0.2) is 55.2 Å². The predicted molar refractivity (Wildman–Crippen MR) is 150 cm³/mol. The van der Waals surface area contributed by atoms with E-state index in [-0.39, 0.29) is 0 Å². The lowest BCUT2D eigenvalue weighted by atomic mass is 10.0. The minimum absolute atomic E-state index is 0.423. The van der Waals surface area contributed by atoms with Crippen molar-refractivity contribution >= 4 is 62.3 Å². The number of aryl methyl sites for hydroxylation is 1. The van der Waals surface area contributed by atoms with Crippen molar-refractivity contribution in [3.63, 3.8) is 0 Å². The number of fused-ring (bicyclic) bond motifs is 3. The van der Waals surface area contributed by atoms with Gasteiger partial charge in [0.05, 0.1) is 21.9 Å². The van der Waals surface area contributed by atoms with Crippen molar-refractivity contribution in [2.45, 2.75) is 6.92 Å². The third-order valence-electron chi connectivity index (χ3n) is 6.72. The first-order valence-corrected chi connectivity index (χ1v) is 12.7. The summed E-state index contributed by atoms with van der Waals surface area (Å²) in [6.45, 7) is 6.35. The van der Waals surface area contributed by atoms with Crippen LogP contribution in [0.25, 0.3) is 33.1 Å². The van der Waals surface area contributed by atoms with Crippen molar-refractivity contribution in [1.29, 1.82) is 0 Å². The van der Waals surface area contributed by atoms with E-state index in [1.807, 2.05) is 6.07 Å². The number of likely N-dealkylation sites (N-methyl/N-ethyl adjacent to an activating group) is 1. The number of aromatic nitrogens is 5. The van der Waals surface area contributed by atoms with Crippen LogP contribution in [0, 0.1) is 6.92 Å². The molecule has 0 radical (unpaired) electrons. The number of piperazine rings is 1. The fourth-order valence-electron chi connectivity index (χ4n) is 4.78. The first-order chi connectivity index (χ1) is 18.0. The van der Waals surface area contributed by atoms with Crippen LogP contribution in [0.2, 0.25) is 10.0 Å². The SMILES string of the molecule is Cc1cc(Nc2ncc3nc(-c4c(Cl)cncc4Cl)c4ccncc4c3n2)ccc1N1CCN(C)CC1. The molecule has 5 heterocycles. The monoisotopic (exact) mass is 530 g/mol. The molecule has 0 bridgehead atoms. The summed E-state index contributed by atoms with van der Waals surface area (Å²) in [7, 11) is 2.17. The normalized spacial score (nSPS) is 14.4. The Hall–Kier alpha value is -3.59. The molecular formula is C27H24Cl2N8. The van der Waals surface area contributed by atoms with Crippen LogP contribution in [-0.4, -0.2) is 63.0 Å². The van der Waals surface area contributed by atoms with Gasteiger partial charge in [-0.2, -0.15) is 0 Å². The van der Waals surface area contributed by atoms with Crippen LogP contribution >= 0.6 is 23.2 Å². The van der Waals surface area contributed by atoms with Gasteiger partial charge in [0.1, 0.15) is 11.0 Å². The van der Waals surface area contributed by atoms with Gasteiger partial charge in [-0.05, 0) is 43.8 Å². The minimum Gasteiger partial charge on any atom is -0.369 e. The molecule has 0 unspecified atom stereocenters. The molecule has 0 spiro atoms. The Morgan fingerprint density at radius 3 is 2.41 bits per heavy atom. The molecule has 1 saturated heterocycles. The quantitative estimate of drug-likeness (QED) is 0.294. The van der Waals surface area contributed by atoms with Gasteiger partial charge in [0.2, 0.25) is 5.95 Å². The topological polar surface area (TPSA) is 83.0 Å². The molecule has 0 amide bonds. The van der Waals surface area contributed by atoms with Crippen molar-refractivity contribution in [1.82, 2.24) is 29.8 Å². The maximum Gasteiger partial charge on any atom is 0.227 e. The number of nitrogens with one attached hydrogen (secondary N) is 1. The minimum atomic E-state index is 0.423. The average molecular weight is 531 g/mol. The molecule has 8 nitrogen and oxygen atoms in total. The van der Waals surface area contributed by atoms with Gasteiger partial charge in [0.25, 0.3) is 0 Å². The van der Waals surface area contributed by atoms with E-state index in [0.717, 1.165) is 42.6 Å². The van der Waals surface area contributed by atoms with E-state index in [4.69, 9.17) is 33.2 Å². The molecule has 1 N–H and O–H groups in total. The number of nitrogens with zero attached hydrogens (tertiary/aromatic N) is 7. The average Bonchev–Trinajstić information content (AvgIpc) is 2.90. The standard InChI is InChI=1S/C27H24Cl2N8/c1-16-11-17(3-4-23(16)37-9-7-36(2)8-10-37)33-27-32-15-22-25(35-27)19-12-30-6-5-18(19)26(34-22)24-20(28)13-31-14-21(24)29/h3-6,11-15H,7-10H2,1-2H3,(H,32,33,35). The second-order valence-corrected chi connectivity index (χ2v) is 10.0. The number of pyridine rings is 3. The first kappa shape index (κ1) is 23.8. The maximum absolute atomic E-state index is 6.46. The number of rotatable bonds is 4. The summed E-state index contributed by atoms with van der Waals surface area (Å²) in [6, 6.07) is 8.26. The second-order valence-electron chi connectivity index (χ2n) is 9.20. The van der Waals surface area contributed by atoms with Crippen LogP contribution in [0.5, 0.6) is 0 Å². The van der Waals surface area contributed by atoms with E-state index in [0.29, 0.717) is 38.3 Å². The number of anilines is 3. The summed E-state index contributed by atoms with van der Waals surface area (Å²) in [5, 5.41) is 5.88. The zero-order valence-corrected chi connectivity index (χ0v) is 21.9. The fourth-order valence-corrected chi connectivity index (χ4v) is 5.32. The Balaban J connectivity index is 1.37. The number of halogens is 2. The molecule has 0 saturated carbocycles. The summed E-state index contributed by atoms with van der Waals surface area (Å²) in [5.74, 6) is 0.485. The van der Waals surface area contributed by atoms with Crippen LogP contribution in [0.4, 0.5) is 17.3 Å². The molecule has 1 aliphatic heterocycles. The van der Waals surface area contributed by atoms with Gasteiger partial charge in [-0.1, -0.05) is 23.2 Å². The Morgan fingerprint density at radius 2 is 1.65 bits per heavy atom. The molecule has 6 rings (SSSR count). The molecule has 0 aliphatic carbocycles. The first-order valence-electron chi connectivity index (χ1n) is 12.0. The van der Waals surface area contributed by atoms with Gasteiger partial charge in [-0.15, -0.1) is 0 Å². The lowest BCUT2D eigenvalue weighted by molar-refractivity contribution is 0.312. The Labute approximate surface area is 224 Å². The van der Waals surface area contributed by atoms with Crippen molar-refractivity contribution < 1.29 is 0 Å². The summed E-state index contributed by atoms with van der Waals surface area (Å²) in [5.41, 5.74) is 5.97. The zero-order chi connectivity index (χ0) is 25.5. The van der Waals surface area contributed by atoms with Crippen LogP contribution < -0.4 is 10.2 Å². The highest BCUT2D eigenvalue weighted by atomic mass is 35.5. The van der Waals surface area contributed by atoms with E-state index in [1.165, 1.54) is 11.3 Å². The number of hydrogen-bond acceptors (Lipinski definition) is 8. The molecule has 186 valence electrons. The van der Waals surface area contributed by atoms with E-state index in [1.54, 1.807) is 31.0 Å². The summed E-state index contributed by atoms with van der Waals surface area (Å²) >= 11 is 12.9. The van der Waals surface area contributed by atoms with Crippen LogP contribution in [-0.2, 0) is 0 Å². The highest BCUT2D eigenvalue weighted by molar-refractivity contribution is 6.39. The highest BCUT2D eigenvalue weighted by Gasteiger charge is 2.18. The molecule has 5 aromatic rings. The van der Waals surface area contributed by atoms with Crippen LogP contribution in [0.1, 0.15) is 5.56 Å². The van der Waals surface area contributed by atoms with E-state index in [9.17, 15) is 0 Å². The number of benzene rings is 1. The van der Waals surface area contributed by atoms with Gasteiger partial charge in [-0.3, -0.25) is 9.97 Å². The smallest absolute Gasteiger partial charge is 0.227 e. The lowest BCUT2D eigenvalue weighted by Gasteiger charge is -2.35. The zero-order valence-electron chi connectivity index (χ0n) is 20.4. The molecule has 4 aromatic heterocycles. The van der Waals surface area contributed by atoms with Gasteiger partial charge >= 0.3 is 0 Å². The Bertz CT molecular complexity index is 1610. The van der Waals surface area contributed by atoms with Crippen molar-refractivity contribution in [3.05, 3.63) is 70.9 Å². The summed E-state index contributed by atoms with van der Waals surface area (Å²) in [4.78, 5) is 27.4. The third kappa shape index (κ3) is 4.52. The van der Waals surface area contributed by atoms with Gasteiger partial charge < -0.3 is 15.1 Å². The summed E-state index contributed by atoms with van der Waals surface area (Å²) in [6.07, 6.45) is 8.31. The van der Waals surface area contributed by atoms with E-state index < -0.39 is 0 Å².